The Kier molecular flexibility index (Phi) is 6.60. The van der Waals surface area contributed by atoms with E-state index in [0.29, 0.717) is 22.6 Å². The van der Waals surface area contributed by atoms with E-state index in [1.165, 1.54) is 36.4 Å². The Hall–Kier alpha value is -4.51. The first-order valence-corrected chi connectivity index (χ1v) is 11.8. The molecule has 0 aliphatic heterocycles. The summed E-state index contributed by atoms with van der Waals surface area (Å²) in [5.41, 5.74) is 3.47. The van der Waals surface area contributed by atoms with Crippen molar-refractivity contribution in [3.05, 3.63) is 106 Å². The summed E-state index contributed by atoms with van der Waals surface area (Å²) in [4.78, 5) is 26.9. The molecular formula is C24H19N3O7S. The van der Waals surface area contributed by atoms with Gasteiger partial charge in [0.1, 0.15) is 18.1 Å². The molecule has 11 heteroatoms. The highest BCUT2D eigenvalue weighted by molar-refractivity contribution is 7.90. The van der Waals surface area contributed by atoms with E-state index < -0.39 is 21.0 Å². The number of hydrogen-bond acceptors (Lipinski definition) is 8. The zero-order valence-corrected chi connectivity index (χ0v) is 19.2. The molecule has 1 amide bonds. The Morgan fingerprint density at radius 2 is 1.66 bits per heavy atom. The molecule has 0 aliphatic carbocycles. The molecule has 4 aromatic rings. The highest BCUT2D eigenvalue weighted by Gasteiger charge is 2.21. The van der Waals surface area contributed by atoms with Gasteiger partial charge in [0.2, 0.25) is 0 Å². The summed E-state index contributed by atoms with van der Waals surface area (Å²) in [6.45, 7) is 1.49. The first-order valence-electron chi connectivity index (χ1n) is 10.3. The third-order valence-electron chi connectivity index (χ3n) is 5.14. The second-order valence-corrected chi connectivity index (χ2v) is 9.16. The lowest BCUT2D eigenvalue weighted by Crippen LogP contribution is -2.30. The summed E-state index contributed by atoms with van der Waals surface area (Å²) in [7, 11) is -4.15. The van der Waals surface area contributed by atoms with Gasteiger partial charge in [-0.15, -0.1) is 10.1 Å². The molecule has 1 aromatic heterocycles. The molecule has 10 nitrogen and oxygen atoms in total. The maximum absolute atomic E-state index is 12.8. The van der Waals surface area contributed by atoms with Gasteiger partial charge in [0, 0.05) is 11.1 Å². The second-order valence-electron chi connectivity index (χ2n) is 7.48. The molecule has 0 aliphatic rings. The summed E-state index contributed by atoms with van der Waals surface area (Å²) >= 11 is 0. The fraction of sp³-hybridized carbons (Fsp3) is 0.0833. The molecule has 0 bridgehead atoms. The first kappa shape index (κ1) is 23.6. The molecule has 0 fully saturated rings. The molecule has 4 rings (SSSR count). The van der Waals surface area contributed by atoms with Crippen molar-refractivity contribution in [2.45, 2.75) is 18.4 Å². The summed E-state index contributed by atoms with van der Waals surface area (Å²) in [5, 5.41) is 13.5. The van der Waals surface area contributed by atoms with Gasteiger partial charge in [-0.25, -0.2) is 13.1 Å². The molecule has 1 N–H and O–H groups in total. The maximum Gasteiger partial charge on any atom is 0.294 e. The quantitative estimate of drug-likeness (QED) is 0.285. The smallest absolute Gasteiger partial charge is 0.294 e. The van der Waals surface area contributed by atoms with Crippen LogP contribution < -0.4 is 4.72 Å². The molecule has 0 atom stereocenters. The monoisotopic (exact) mass is 493 g/mol. The number of benzene rings is 3. The third kappa shape index (κ3) is 5.36. The number of nitrogens with one attached hydrogen (secondary N) is 1. The largest absolute Gasteiger partial charge is 0.360 e. The molecule has 0 radical (unpaired) electrons. The van der Waals surface area contributed by atoms with Crippen LogP contribution in [0.3, 0.4) is 0 Å². The van der Waals surface area contributed by atoms with Gasteiger partial charge in [0.25, 0.3) is 21.0 Å². The Balaban J connectivity index is 1.51. The van der Waals surface area contributed by atoms with Crippen molar-refractivity contribution in [3.63, 3.8) is 0 Å². The average Bonchev–Trinajstić information content (AvgIpc) is 3.24. The minimum absolute atomic E-state index is 0.0719. The van der Waals surface area contributed by atoms with Crippen LogP contribution in [0.15, 0.2) is 88.3 Å². The molecule has 178 valence electrons. The molecule has 0 spiro atoms. The first-order chi connectivity index (χ1) is 16.7. The fourth-order valence-corrected chi connectivity index (χ4v) is 4.40. The maximum atomic E-state index is 12.8. The van der Waals surface area contributed by atoms with Crippen molar-refractivity contribution in [2.75, 3.05) is 0 Å². The van der Waals surface area contributed by atoms with Crippen LogP contribution in [0.2, 0.25) is 0 Å². The van der Waals surface area contributed by atoms with E-state index in [1.807, 2.05) is 35.1 Å². The van der Waals surface area contributed by atoms with Gasteiger partial charge in [-0.1, -0.05) is 59.8 Å². The van der Waals surface area contributed by atoms with Gasteiger partial charge in [0.15, 0.2) is 0 Å². The lowest BCUT2D eigenvalue weighted by molar-refractivity contribution is -0.763. The lowest BCUT2D eigenvalue weighted by Gasteiger charge is -2.09. The van der Waals surface area contributed by atoms with Gasteiger partial charge >= 0.3 is 0 Å². The number of carbonyl (C=O) groups is 1. The lowest BCUT2D eigenvalue weighted by atomic mass is 10.00. The summed E-state index contributed by atoms with van der Waals surface area (Å²) in [5.74, 6) is -0.253. The summed E-state index contributed by atoms with van der Waals surface area (Å²) < 4.78 is 32.9. The van der Waals surface area contributed by atoms with E-state index in [2.05, 4.69) is 9.99 Å². The van der Waals surface area contributed by atoms with Crippen LogP contribution in [-0.4, -0.2) is 24.6 Å². The van der Waals surface area contributed by atoms with Gasteiger partial charge in [-0.05, 0) is 42.3 Å². The van der Waals surface area contributed by atoms with E-state index in [9.17, 15) is 23.3 Å². The number of rotatable bonds is 8. The van der Waals surface area contributed by atoms with Crippen LogP contribution in [0.1, 0.15) is 21.7 Å². The minimum atomic E-state index is -4.15. The van der Waals surface area contributed by atoms with Crippen molar-refractivity contribution in [1.29, 1.82) is 0 Å². The van der Waals surface area contributed by atoms with Crippen molar-refractivity contribution < 1.29 is 27.7 Å². The van der Waals surface area contributed by atoms with E-state index >= 15 is 0 Å². The fourth-order valence-electron chi connectivity index (χ4n) is 3.43. The van der Waals surface area contributed by atoms with Gasteiger partial charge in [-0.3, -0.25) is 4.79 Å². The normalized spacial score (nSPS) is 11.1. The van der Waals surface area contributed by atoms with Crippen LogP contribution in [0.25, 0.3) is 22.4 Å². The van der Waals surface area contributed by atoms with Gasteiger partial charge in [-0.2, -0.15) is 0 Å². The number of hydrogen-bond donors (Lipinski definition) is 1. The number of aromatic nitrogens is 1. The number of amides is 1. The topological polar surface area (TPSA) is 142 Å². The molecule has 35 heavy (non-hydrogen) atoms. The molecule has 0 saturated heterocycles. The summed E-state index contributed by atoms with van der Waals surface area (Å²) in [6, 6.07) is 21.1. The van der Waals surface area contributed by atoms with Crippen LogP contribution >= 0.6 is 0 Å². The third-order valence-corrected chi connectivity index (χ3v) is 6.49. The van der Waals surface area contributed by atoms with E-state index in [-0.39, 0.29) is 17.1 Å². The Labute approximate surface area is 200 Å². The van der Waals surface area contributed by atoms with E-state index in [4.69, 9.17) is 4.52 Å². The molecule has 0 unspecified atom stereocenters. The van der Waals surface area contributed by atoms with Crippen LogP contribution in [0, 0.1) is 17.0 Å². The van der Waals surface area contributed by atoms with Gasteiger partial charge in [0.05, 0.1) is 10.5 Å². The number of nitrogens with zero attached hydrogens (tertiary/aromatic N) is 2. The Bertz CT molecular complexity index is 1460. The number of carbonyl (C=O) groups excluding carboxylic acids is 1. The number of sulfonamides is 1. The van der Waals surface area contributed by atoms with Crippen LogP contribution in [-0.2, 0) is 21.5 Å². The molecular weight excluding hydrogens is 474 g/mol. The van der Waals surface area contributed by atoms with Crippen LogP contribution in [0.4, 0.5) is 0 Å². The molecule has 0 saturated carbocycles. The SMILES string of the molecule is Cc1onc(-c2ccccc2)c1-c1ccc(S(=O)(=O)NC(=O)c2ccc(CO[N+](=O)[O-])cc2)cc1. The number of aryl methyl sites for hydroxylation is 1. The zero-order valence-electron chi connectivity index (χ0n) is 18.4. The predicted octanol–water partition coefficient (Wildman–Crippen LogP) is 4.14. The van der Waals surface area contributed by atoms with Gasteiger partial charge < -0.3 is 9.36 Å². The van der Waals surface area contributed by atoms with Crippen LogP contribution in [0.5, 0.6) is 0 Å². The molecule has 3 aromatic carbocycles. The Morgan fingerprint density at radius 1 is 1.00 bits per heavy atom. The van der Waals surface area contributed by atoms with Crippen molar-refractivity contribution >= 4 is 15.9 Å². The van der Waals surface area contributed by atoms with E-state index in [1.54, 1.807) is 19.1 Å². The second kappa shape index (κ2) is 9.77. The summed E-state index contributed by atoms with van der Waals surface area (Å²) in [6.07, 6.45) is 0. The molecule has 1 heterocycles. The van der Waals surface area contributed by atoms with Crippen molar-refractivity contribution in [2.24, 2.45) is 0 Å². The average molecular weight is 493 g/mol. The highest BCUT2D eigenvalue weighted by Crippen LogP contribution is 2.34. The predicted molar refractivity (Wildman–Crippen MR) is 125 cm³/mol. The highest BCUT2D eigenvalue weighted by atomic mass is 32.2. The van der Waals surface area contributed by atoms with E-state index in [0.717, 1.165) is 11.1 Å². The zero-order chi connectivity index (χ0) is 25.0. The van der Waals surface area contributed by atoms with Crippen molar-refractivity contribution in [3.8, 4) is 22.4 Å². The standard InChI is InChI=1S/C24H19N3O7S/c1-16-22(23(25-34-16)19-5-3-2-4-6-19)18-11-13-21(14-12-18)35(31,32)26-24(28)20-9-7-17(8-10-20)15-33-27(29)30/h2-14H,15H2,1H3,(H,26,28). The Morgan fingerprint density at radius 3 is 2.29 bits per heavy atom. The minimum Gasteiger partial charge on any atom is -0.360 e. The van der Waals surface area contributed by atoms with Crippen molar-refractivity contribution in [1.82, 2.24) is 9.88 Å².